The molecule has 0 saturated heterocycles. The Kier molecular flexibility index (Phi) is 18.2. The van der Waals surface area contributed by atoms with Crippen LogP contribution in [0.25, 0.3) is 0 Å². The van der Waals surface area contributed by atoms with E-state index in [-0.39, 0.29) is 46.6 Å². The molecule has 1 aromatic carbocycles. The second-order valence-corrected chi connectivity index (χ2v) is 9.30. The van der Waals surface area contributed by atoms with Gasteiger partial charge in [0, 0.05) is 36.0 Å². The zero-order valence-corrected chi connectivity index (χ0v) is 22.3. The molecule has 0 atom stereocenters. The number of hydrogen-bond acceptors (Lipinski definition) is 5. The average Bonchev–Trinajstić information content (AvgIpc) is 2.70. The van der Waals surface area contributed by atoms with Crippen molar-refractivity contribution in [2.75, 3.05) is 5.73 Å². The van der Waals surface area contributed by atoms with Gasteiger partial charge in [-0.2, -0.15) is 8.42 Å². The number of hydrogen-bond donors (Lipinski definition) is 1. The van der Waals surface area contributed by atoms with Gasteiger partial charge in [0.2, 0.25) is 0 Å². The van der Waals surface area contributed by atoms with Crippen molar-refractivity contribution in [2.24, 2.45) is 0 Å². The molecule has 0 aliphatic carbocycles. The summed E-state index contributed by atoms with van der Waals surface area (Å²) in [5, 5.41) is 0. The molecule has 0 unspecified atom stereocenters. The van der Waals surface area contributed by atoms with E-state index in [1.54, 1.807) is 12.1 Å². The molecule has 0 spiro atoms. The van der Waals surface area contributed by atoms with Gasteiger partial charge < -0.3 is 9.92 Å². The van der Waals surface area contributed by atoms with Crippen LogP contribution in [-0.4, -0.2) is 43.9 Å². The number of benzene rings is 1. The Balaban J connectivity index is 0.00000900. The van der Waals surface area contributed by atoms with Crippen molar-refractivity contribution >= 4 is 51.3 Å². The molecular formula is C24H39NNaO4S. The molecule has 1 rings (SSSR count). The zero-order valence-electron chi connectivity index (χ0n) is 19.5. The normalized spacial score (nSPS) is 11.4. The fourth-order valence-electron chi connectivity index (χ4n) is 3.26. The van der Waals surface area contributed by atoms with Gasteiger partial charge in [-0.05, 0) is 44.2 Å². The second-order valence-electron chi connectivity index (χ2n) is 7.78. The maximum Gasteiger partial charge on any atom is 0.343 e. The van der Waals surface area contributed by atoms with E-state index in [0.29, 0.717) is 6.42 Å². The number of anilines is 1. The largest absolute Gasteiger partial charge is 0.398 e. The first kappa shape index (κ1) is 30.2. The van der Waals surface area contributed by atoms with Gasteiger partial charge in [-0.1, -0.05) is 82.6 Å². The predicted octanol–water partition coefficient (Wildman–Crippen LogP) is 6.16. The molecule has 0 heterocycles. The van der Waals surface area contributed by atoms with Gasteiger partial charge in [-0.15, -0.1) is 0 Å². The van der Waals surface area contributed by atoms with Crippen LogP contribution in [-0.2, 0) is 19.1 Å². The van der Waals surface area contributed by atoms with Gasteiger partial charge in [-0.25, -0.2) is 0 Å². The Bertz CT molecular complexity index is 735. The number of rotatable bonds is 17. The van der Waals surface area contributed by atoms with Crippen molar-refractivity contribution in [3.8, 4) is 0 Å². The number of para-hydroxylation sites is 1. The van der Waals surface area contributed by atoms with Gasteiger partial charge in [0.1, 0.15) is 4.90 Å². The van der Waals surface area contributed by atoms with Crippen molar-refractivity contribution < 1.29 is 17.4 Å². The zero-order chi connectivity index (χ0) is 22.1. The first-order valence-corrected chi connectivity index (χ1v) is 12.8. The van der Waals surface area contributed by atoms with Gasteiger partial charge >= 0.3 is 16.1 Å². The molecule has 1 radical (unpaired) electrons. The topological polar surface area (TPSA) is 86.5 Å². The number of carbonyl (C=O) groups is 1. The van der Waals surface area contributed by atoms with E-state index in [4.69, 9.17) is 5.73 Å². The van der Waals surface area contributed by atoms with Gasteiger partial charge in [0.25, 0.3) is 0 Å². The predicted molar refractivity (Wildman–Crippen MR) is 129 cm³/mol. The molecule has 7 heteroatoms. The van der Waals surface area contributed by atoms with Crippen LogP contribution in [0.5, 0.6) is 0 Å². The van der Waals surface area contributed by atoms with Crippen molar-refractivity contribution in [1.29, 1.82) is 0 Å². The number of unbranched alkanes of at least 4 members (excludes halogenated alkanes) is 11. The van der Waals surface area contributed by atoms with Crippen molar-refractivity contribution in [1.82, 2.24) is 0 Å². The fraction of sp³-hybridized carbons (Fsp3) is 0.625. The molecule has 0 bridgehead atoms. The van der Waals surface area contributed by atoms with Gasteiger partial charge in [0.05, 0.1) is 5.69 Å². The van der Waals surface area contributed by atoms with Crippen molar-refractivity contribution in [2.45, 2.75) is 102 Å². The molecule has 0 aromatic heterocycles. The Morgan fingerprint density at radius 1 is 0.871 bits per heavy atom. The first-order chi connectivity index (χ1) is 14.5. The van der Waals surface area contributed by atoms with E-state index in [1.807, 2.05) is 0 Å². The van der Waals surface area contributed by atoms with E-state index in [2.05, 4.69) is 23.3 Å². The van der Waals surface area contributed by atoms with Gasteiger partial charge in [-0.3, -0.25) is 4.79 Å². The van der Waals surface area contributed by atoms with Crippen LogP contribution < -0.4 is 5.73 Å². The summed E-state index contributed by atoms with van der Waals surface area (Å²) in [7, 11) is -4.14. The summed E-state index contributed by atoms with van der Waals surface area (Å²) in [6.45, 7) is 2.24. The third-order valence-corrected chi connectivity index (χ3v) is 6.35. The first-order valence-electron chi connectivity index (χ1n) is 11.4. The molecule has 171 valence electrons. The Morgan fingerprint density at radius 3 is 1.97 bits per heavy atom. The number of allylic oxidation sites excluding steroid dienone is 2. The molecule has 2 N–H and O–H groups in total. The smallest absolute Gasteiger partial charge is 0.343 e. The minimum Gasteiger partial charge on any atom is -0.398 e. The van der Waals surface area contributed by atoms with Crippen LogP contribution in [0, 0.1) is 0 Å². The molecular weight excluding hydrogens is 421 g/mol. The molecule has 0 saturated carbocycles. The Labute approximate surface area is 211 Å². The van der Waals surface area contributed by atoms with E-state index in [0.717, 1.165) is 32.1 Å². The Hall–Kier alpha value is -0.820. The van der Waals surface area contributed by atoms with Crippen molar-refractivity contribution in [3.05, 3.63) is 36.4 Å². The summed E-state index contributed by atoms with van der Waals surface area (Å²) in [5.74, 6) is -0.726. The van der Waals surface area contributed by atoms with Crippen LogP contribution in [0.4, 0.5) is 5.69 Å². The summed E-state index contributed by atoms with van der Waals surface area (Å²) in [6, 6.07) is 5.97. The number of nitrogen functional groups attached to an aromatic ring is 1. The average molecular weight is 461 g/mol. The molecule has 0 aliphatic rings. The quantitative estimate of drug-likeness (QED) is 0.0989. The summed E-state index contributed by atoms with van der Waals surface area (Å²) in [5.41, 5.74) is 5.72. The monoisotopic (exact) mass is 460 g/mol. The van der Waals surface area contributed by atoms with Crippen molar-refractivity contribution in [3.63, 3.8) is 0 Å². The Morgan fingerprint density at radius 2 is 1.39 bits per heavy atom. The summed E-state index contributed by atoms with van der Waals surface area (Å²) < 4.78 is 28.9. The standard InChI is InChI=1S/C24H39NO4S.Na/c1-2-3-4-5-6-7-8-9-10-11-12-13-14-15-16-21-24(26)29-30(27,28)23-20-18-17-19-22(23)25;/h9-10,17-20H,2-8,11-16,21,25H2,1H3;/b10-9-;. The van der Waals surface area contributed by atoms with E-state index in [1.165, 1.54) is 57.1 Å². The maximum absolute atomic E-state index is 12.1. The maximum atomic E-state index is 12.1. The minimum atomic E-state index is -4.14. The second kappa shape index (κ2) is 18.7. The van der Waals surface area contributed by atoms with Crippen LogP contribution in [0.15, 0.2) is 41.3 Å². The van der Waals surface area contributed by atoms with Crippen LogP contribution in [0.3, 0.4) is 0 Å². The molecule has 0 aliphatic heterocycles. The molecule has 0 amide bonds. The third kappa shape index (κ3) is 14.8. The third-order valence-electron chi connectivity index (χ3n) is 5.03. The summed E-state index contributed by atoms with van der Waals surface area (Å²) in [4.78, 5) is 11.7. The summed E-state index contributed by atoms with van der Waals surface area (Å²) >= 11 is 0. The SMILES string of the molecule is CCCCCCCC/C=C\CCCCCCCC(=O)OS(=O)(=O)c1ccccc1N.[Na]. The molecule has 0 fully saturated rings. The van der Waals surface area contributed by atoms with E-state index >= 15 is 0 Å². The van der Waals surface area contributed by atoms with E-state index in [9.17, 15) is 13.2 Å². The molecule has 31 heavy (non-hydrogen) atoms. The number of carbonyl (C=O) groups excluding carboxylic acids is 1. The summed E-state index contributed by atoms with van der Waals surface area (Å²) in [6.07, 6.45) is 19.8. The molecule has 5 nitrogen and oxygen atoms in total. The van der Waals surface area contributed by atoms with E-state index < -0.39 is 16.1 Å². The van der Waals surface area contributed by atoms with Crippen LogP contribution in [0.1, 0.15) is 96.8 Å². The van der Waals surface area contributed by atoms with Crippen LogP contribution in [0.2, 0.25) is 0 Å². The van der Waals surface area contributed by atoms with Crippen LogP contribution >= 0.6 is 0 Å². The minimum absolute atomic E-state index is 0. The van der Waals surface area contributed by atoms with Gasteiger partial charge in [0.15, 0.2) is 0 Å². The fourth-order valence-corrected chi connectivity index (χ4v) is 4.28. The molecule has 1 aromatic rings. The number of nitrogens with two attached hydrogens (primary N) is 1.